The number of anilines is 1. The molecule has 6 heteroatoms. The number of nitrogens with one attached hydrogen (secondary N) is 2. The van der Waals surface area contributed by atoms with Gasteiger partial charge >= 0.3 is 5.97 Å². The summed E-state index contributed by atoms with van der Waals surface area (Å²) in [5.74, 6) is -0.813. The molecule has 0 bridgehead atoms. The first-order valence-electron chi connectivity index (χ1n) is 9.38. The highest BCUT2D eigenvalue weighted by molar-refractivity contribution is 5.99. The van der Waals surface area contributed by atoms with Gasteiger partial charge in [0.15, 0.2) is 0 Å². The first kappa shape index (κ1) is 18.4. The highest BCUT2D eigenvalue weighted by Crippen LogP contribution is 2.38. The first-order valence-corrected chi connectivity index (χ1v) is 9.38. The molecule has 2 amide bonds. The van der Waals surface area contributed by atoms with Crippen molar-refractivity contribution in [2.45, 2.75) is 57.4 Å². The zero-order valence-corrected chi connectivity index (χ0v) is 15.1. The first-order chi connectivity index (χ1) is 12.4. The Hall–Kier alpha value is -2.37. The highest BCUT2D eigenvalue weighted by atomic mass is 16.4. The average molecular weight is 358 g/mol. The Labute approximate surface area is 153 Å². The minimum atomic E-state index is -1.18. The van der Waals surface area contributed by atoms with Gasteiger partial charge in [-0.25, -0.2) is 4.79 Å². The van der Waals surface area contributed by atoms with E-state index in [9.17, 15) is 19.5 Å². The van der Waals surface area contributed by atoms with Crippen molar-refractivity contribution >= 4 is 23.5 Å². The molecule has 1 aromatic rings. The lowest BCUT2D eigenvalue weighted by Crippen LogP contribution is -2.54. The van der Waals surface area contributed by atoms with Gasteiger partial charge in [-0.1, -0.05) is 32.6 Å². The van der Waals surface area contributed by atoms with Gasteiger partial charge in [-0.05, 0) is 49.4 Å². The van der Waals surface area contributed by atoms with Crippen molar-refractivity contribution < 1.29 is 19.5 Å². The lowest BCUT2D eigenvalue weighted by Gasteiger charge is -2.29. The van der Waals surface area contributed by atoms with Crippen LogP contribution in [-0.2, 0) is 9.59 Å². The van der Waals surface area contributed by atoms with E-state index in [2.05, 4.69) is 10.6 Å². The van der Waals surface area contributed by atoms with E-state index in [-0.39, 0.29) is 17.7 Å². The average Bonchev–Trinajstić information content (AvgIpc) is 3.38. The van der Waals surface area contributed by atoms with Gasteiger partial charge in [0, 0.05) is 17.2 Å². The Kier molecular flexibility index (Phi) is 5.30. The lowest BCUT2D eigenvalue weighted by molar-refractivity contribution is -0.145. The van der Waals surface area contributed by atoms with Crippen LogP contribution in [0.15, 0.2) is 24.3 Å². The zero-order chi connectivity index (χ0) is 18.7. The minimum absolute atomic E-state index is 0.0120. The van der Waals surface area contributed by atoms with Crippen LogP contribution in [0.25, 0.3) is 0 Å². The van der Waals surface area contributed by atoms with Crippen molar-refractivity contribution in [3.63, 3.8) is 0 Å². The third-order valence-electron chi connectivity index (χ3n) is 5.58. The normalized spacial score (nSPS) is 24.2. The molecular weight excluding hydrogens is 332 g/mol. The van der Waals surface area contributed by atoms with E-state index in [1.54, 1.807) is 24.3 Å². The molecule has 3 N–H and O–H groups in total. The molecule has 2 aliphatic carbocycles. The minimum Gasteiger partial charge on any atom is -0.480 e. The van der Waals surface area contributed by atoms with Gasteiger partial charge < -0.3 is 15.7 Å². The molecule has 2 saturated carbocycles. The van der Waals surface area contributed by atoms with Crippen LogP contribution in [0.2, 0.25) is 0 Å². The third kappa shape index (κ3) is 4.06. The Morgan fingerprint density at radius 3 is 2.12 bits per heavy atom. The van der Waals surface area contributed by atoms with Gasteiger partial charge in [0.2, 0.25) is 5.91 Å². The second-order valence-electron chi connectivity index (χ2n) is 7.64. The van der Waals surface area contributed by atoms with Crippen LogP contribution < -0.4 is 10.6 Å². The maximum Gasteiger partial charge on any atom is 0.329 e. The van der Waals surface area contributed by atoms with Crippen LogP contribution in [0.3, 0.4) is 0 Å². The van der Waals surface area contributed by atoms with Crippen molar-refractivity contribution in [3.05, 3.63) is 29.8 Å². The fourth-order valence-corrected chi connectivity index (χ4v) is 3.64. The maximum absolute atomic E-state index is 12.6. The van der Waals surface area contributed by atoms with E-state index in [1.165, 1.54) is 0 Å². The zero-order valence-electron chi connectivity index (χ0n) is 15.1. The third-order valence-corrected chi connectivity index (χ3v) is 5.58. The molecule has 3 rings (SSSR count). The second kappa shape index (κ2) is 7.48. The molecule has 2 unspecified atom stereocenters. The Morgan fingerprint density at radius 1 is 1.04 bits per heavy atom. The number of carboxylic acids is 1. The molecule has 2 aliphatic rings. The molecule has 140 valence electrons. The number of hydrogen-bond acceptors (Lipinski definition) is 3. The van der Waals surface area contributed by atoms with E-state index in [0.717, 1.165) is 32.1 Å². The molecule has 1 aromatic carbocycles. The number of carbonyl (C=O) groups excluding carboxylic acids is 2. The van der Waals surface area contributed by atoms with Gasteiger partial charge in [0.1, 0.15) is 5.54 Å². The predicted octanol–water partition coefficient (Wildman–Crippen LogP) is 3.19. The van der Waals surface area contributed by atoms with Crippen LogP contribution in [0.1, 0.15) is 62.2 Å². The van der Waals surface area contributed by atoms with Crippen LogP contribution in [-0.4, -0.2) is 28.4 Å². The van der Waals surface area contributed by atoms with Crippen LogP contribution in [0.5, 0.6) is 0 Å². The topological polar surface area (TPSA) is 95.5 Å². The summed E-state index contributed by atoms with van der Waals surface area (Å²) < 4.78 is 0. The summed E-state index contributed by atoms with van der Waals surface area (Å²) >= 11 is 0. The van der Waals surface area contributed by atoms with E-state index in [4.69, 9.17) is 0 Å². The van der Waals surface area contributed by atoms with Crippen molar-refractivity contribution in [2.75, 3.05) is 5.32 Å². The molecule has 2 atom stereocenters. The fourth-order valence-electron chi connectivity index (χ4n) is 3.64. The van der Waals surface area contributed by atoms with E-state index in [1.807, 2.05) is 6.92 Å². The van der Waals surface area contributed by atoms with Crippen LogP contribution in [0, 0.1) is 11.8 Å². The molecule has 0 radical (unpaired) electrons. The van der Waals surface area contributed by atoms with Gasteiger partial charge in [0.05, 0.1) is 0 Å². The van der Waals surface area contributed by atoms with E-state index >= 15 is 0 Å². The molecule has 6 nitrogen and oxygen atoms in total. The number of carboxylic acid groups (broad SMARTS) is 1. The Balaban J connectivity index is 1.65. The van der Waals surface area contributed by atoms with Crippen molar-refractivity contribution in [1.29, 1.82) is 0 Å². The predicted molar refractivity (Wildman–Crippen MR) is 97.9 cm³/mol. The second-order valence-corrected chi connectivity index (χ2v) is 7.64. The number of rotatable bonds is 5. The number of hydrogen-bond donors (Lipinski definition) is 3. The number of benzene rings is 1. The summed E-state index contributed by atoms with van der Waals surface area (Å²) in [5, 5.41) is 15.3. The molecular formula is C20H26N2O4. The summed E-state index contributed by atoms with van der Waals surface area (Å²) in [7, 11) is 0. The molecule has 0 spiro atoms. The quantitative estimate of drug-likeness (QED) is 0.705. The van der Waals surface area contributed by atoms with E-state index in [0.29, 0.717) is 30.0 Å². The number of aliphatic carboxylic acids is 1. The maximum atomic E-state index is 12.6. The highest BCUT2D eigenvalue weighted by Gasteiger charge is 2.40. The molecule has 0 saturated heterocycles. The summed E-state index contributed by atoms with van der Waals surface area (Å²) in [6.45, 7) is 2.05. The smallest absolute Gasteiger partial charge is 0.329 e. The molecule has 0 heterocycles. The largest absolute Gasteiger partial charge is 0.480 e. The van der Waals surface area contributed by atoms with Crippen molar-refractivity contribution in [3.8, 4) is 0 Å². The Morgan fingerprint density at radius 2 is 1.62 bits per heavy atom. The number of amides is 2. The van der Waals surface area contributed by atoms with Gasteiger partial charge in [0.25, 0.3) is 5.91 Å². The molecule has 0 aliphatic heterocycles. The van der Waals surface area contributed by atoms with E-state index < -0.39 is 11.5 Å². The molecule has 2 fully saturated rings. The van der Waals surface area contributed by atoms with Gasteiger partial charge in [-0.15, -0.1) is 0 Å². The SMILES string of the molecule is CC1CC1C(=O)Nc1ccc(C(=O)NC2(C(=O)O)CCCCCC2)cc1. The van der Waals surface area contributed by atoms with Crippen LogP contribution in [0.4, 0.5) is 5.69 Å². The summed E-state index contributed by atoms with van der Waals surface area (Å²) in [6.07, 6.45) is 5.44. The monoisotopic (exact) mass is 358 g/mol. The summed E-state index contributed by atoms with van der Waals surface area (Å²) in [6, 6.07) is 6.60. The lowest BCUT2D eigenvalue weighted by atomic mass is 9.90. The summed E-state index contributed by atoms with van der Waals surface area (Å²) in [5.41, 5.74) is -0.136. The van der Waals surface area contributed by atoms with Crippen LogP contribution >= 0.6 is 0 Å². The Bertz CT molecular complexity index is 690. The number of carbonyl (C=O) groups is 3. The fraction of sp³-hybridized carbons (Fsp3) is 0.550. The van der Waals surface area contributed by atoms with Gasteiger partial charge in [-0.2, -0.15) is 0 Å². The summed E-state index contributed by atoms with van der Waals surface area (Å²) in [4.78, 5) is 36.3. The molecule has 26 heavy (non-hydrogen) atoms. The molecule has 0 aromatic heterocycles. The van der Waals surface area contributed by atoms with Crippen molar-refractivity contribution in [2.24, 2.45) is 11.8 Å². The van der Waals surface area contributed by atoms with Crippen molar-refractivity contribution in [1.82, 2.24) is 5.32 Å². The van der Waals surface area contributed by atoms with Gasteiger partial charge in [-0.3, -0.25) is 9.59 Å². The standard InChI is InChI=1S/C20H26N2O4/c1-13-12-16(13)18(24)21-15-8-6-14(7-9-15)17(23)22-20(19(25)26)10-4-2-3-5-11-20/h6-9,13,16H,2-5,10-12H2,1H3,(H,21,24)(H,22,23)(H,25,26).